The second-order valence-electron chi connectivity index (χ2n) is 6.07. The molecule has 0 radical (unpaired) electrons. The molecule has 0 amide bonds. The van der Waals surface area contributed by atoms with E-state index in [-0.39, 0.29) is 22.3 Å². The molecular formula is C19H19F2N5O. The van der Waals surface area contributed by atoms with Crippen LogP contribution in [0.5, 0.6) is 0 Å². The maximum absolute atomic E-state index is 14.8. The Kier molecular flexibility index (Phi) is 4.89. The fraction of sp³-hybridized carbons (Fsp3) is 0.211. The molecule has 1 aromatic carbocycles. The normalized spacial score (nSPS) is 14.7. The van der Waals surface area contributed by atoms with Crippen LogP contribution in [-0.2, 0) is 4.74 Å². The van der Waals surface area contributed by atoms with Crippen molar-refractivity contribution in [3.05, 3.63) is 65.6 Å². The molecule has 6 nitrogen and oxygen atoms in total. The number of allylic oxidation sites excluding steroid dienone is 2. The van der Waals surface area contributed by atoms with E-state index in [1.54, 1.807) is 17.9 Å². The lowest BCUT2D eigenvalue weighted by Crippen LogP contribution is -2.31. The number of rotatable bonds is 4. The molecule has 0 fully saturated rings. The molecular weight excluding hydrogens is 352 g/mol. The van der Waals surface area contributed by atoms with Gasteiger partial charge in [0.25, 0.3) is 0 Å². The Hall–Kier alpha value is -3.29. The van der Waals surface area contributed by atoms with E-state index < -0.39 is 11.6 Å². The van der Waals surface area contributed by atoms with Crippen LogP contribution in [0, 0.1) is 22.5 Å². The minimum Gasteiger partial charge on any atom is -0.491 e. The molecule has 1 aliphatic rings. The van der Waals surface area contributed by atoms with E-state index in [1.165, 1.54) is 6.07 Å². The fourth-order valence-corrected chi connectivity index (χ4v) is 3.08. The SMILES string of the molecule is C=CC1=C(C(=C)C)OCCCN1c1nc(=N)n(C=N)c2ccc(F)c(F)c12. The lowest BCUT2D eigenvalue weighted by molar-refractivity contribution is 0.222. The number of nitrogens with one attached hydrogen (secondary N) is 2. The maximum Gasteiger partial charge on any atom is 0.229 e. The molecule has 2 N–H and O–H groups in total. The van der Waals surface area contributed by atoms with Gasteiger partial charge in [0, 0.05) is 6.54 Å². The largest absolute Gasteiger partial charge is 0.491 e. The summed E-state index contributed by atoms with van der Waals surface area (Å²) in [6.07, 6.45) is 2.98. The molecule has 1 aromatic heterocycles. The Morgan fingerprint density at radius 3 is 2.74 bits per heavy atom. The molecule has 8 heteroatoms. The smallest absolute Gasteiger partial charge is 0.229 e. The molecule has 0 spiro atoms. The molecule has 140 valence electrons. The quantitative estimate of drug-likeness (QED) is 0.638. The summed E-state index contributed by atoms with van der Waals surface area (Å²) in [6.45, 7) is 10.3. The molecule has 2 heterocycles. The average Bonchev–Trinajstić information content (AvgIpc) is 2.86. The van der Waals surface area contributed by atoms with Crippen LogP contribution in [0.3, 0.4) is 0 Å². The number of fused-ring (bicyclic) bond motifs is 1. The molecule has 0 bridgehead atoms. The van der Waals surface area contributed by atoms with E-state index >= 15 is 0 Å². The Balaban J connectivity index is 2.43. The highest BCUT2D eigenvalue weighted by molar-refractivity contribution is 5.94. The third kappa shape index (κ3) is 3.03. The Morgan fingerprint density at radius 1 is 1.37 bits per heavy atom. The molecule has 27 heavy (non-hydrogen) atoms. The van der Waals surface area contributed by atoms with Gasteiger partial charge in [0.2, 0.25) is 5.62 Å². The van der Waals surface area contributed by atoms with E-state index in [0.717, 1.165) is 17.0 Å². The molecule has 1 aliphatic heterocycles. The molecule has 0 unspecified atom stereocenters. The second-order valence-corrected chi connectivity index (χ2v) is 6.07. The number of benzene rings is 1. The van der Waals surface area contributed by atoms with Crippen molar-refractivity contribution in [2.45, 2.75) is 13.3 Å². The van der Waals surface area contributed by atoms with Crippen LogP contribution < -0.4 is 10.5 Å². The fourth-order valence-electron chi connectivity index (χ4n) is 3.08. The first-order valence-electron chi connectivity index (χ1n) is 8.29. The Labute approximate surface area is 154 Å². The highest BCUT2D eigenvalue weighted by Crippen LogP contribution is 2.33. The van der Waals surface area contributed by atoms with Gasteiger partial charge in [0.05, 0.1) is 29.5 Å². The number of aromatic nitrogens is 2. The molecule has 3 rings (SSSR count). The Bertz CT molecular complexity index is 1050. The number of hydrogen-bond donors (Lipinski definition) is 2. The number of halogens is 2. The van der Waals surface area contributed by atoms with Gasteiger partial charge in [-0.15, -0.1) is 0 Å². The summed E-state index contributed by atoms with van der Waals surface area (Å²) < 4.78 is 35.6. The van der Waals surface area contributed by atoms with E-state index in [1.807, 2.05) is 0 Å². The van der Waals surface area contributed by atoms with E-state index in [2.05, 4.69) is 18.1 Å². The topological polar surface area (TPSA) is 78.0 Å². The lowest BCUT2D eigenvalue weighted by atomic mass is 10.1. The van der Waals surface area contributed by atoms with E-state index in [4.69, 9.17) is 15.6 Å². The van der Waals surface area contributed by atoms with Gasteiger partial charge < -0.3 is 9.64 Å². The summed E-state index contributed by atoms with van der Waals surface area (Å²) in [5.74, 6) is -1.56. The molecule has 0 atom stereocenters. The first-order chi connectivity index (χ1) is 12.9. The first kappa shape index (κ1) is 18.5. The lowest BCUT2D eigenvalue weighted by Gasteiger charge is -2.26. The van der Waals surface area contributed by atoms with Gasteiger partial charge in [0.15, 0.2) is 11.6 Å². The number of anilines is 1. The zero-order chi connectivity index (χ0) is 19.7. The van der Waals surface area contributed by atoms with Crippen molar-refractivity contribution in [3.8, 4) is 0 Å². The molecule has 0 aliphatic carbocycles. The highest BCUT2D eigenvalue weighted by Gasteiger charge is 2.25. The minimum absolute atomic E-state index is 0.0734. The monoisotopic (exact) mass is 371 g/mol. The van der Waals surface area contributed by atoms with Crippen molar-refractivity contribution in [2.24, 2.45) is 0 Å². The summed E-state index contributed by atoms with van der Waals surface area (Å²) in [4.78, 5) is 5.82. The number of ether oxygens (including phenoxy) is 1. The van der Waals surface area contributed by atoms with Gasteiger partial charge in [0.1, 0.15) is 11.6 Å². The zero-order valence-corrected chi connectivity index (χ0v) is 14.9. The second kappa shape index (κ2) is 7.14. The van der Waals surface area contributed by atoms with Crippen molar-refractivity contribution < 1.29 is 13.5 Å². The van der Waals surface area contributed by atoms with Crippen molar-refractivity contribution in [2.75, 3.05) is 18.1 Å². The zero-order valence-electron chi connectivity index (χ0n) is 14.9. The number of nitrogens with zero attached hydrogens (tertiary/aromatic N) is 3. The van der Waals surface area contributed by atoms with Crippen LogP contribution in [-0.4, -0.2) is 29.0 Å². The minimum atomic E-state index is -1.09. The van der Waals surface area contributed by atoms with Gasteiger partial charge in [-0.3, -0.25) is 15.4 Å². The van der Waals surface area contributed by atoms with E-state index in [0.29, 0.717) is 36.6 Å². The van der Waals surface area contributed by atoms with Crippen LogP contribution in [0.4, 0.5) is 14.6 Å². The van der Waals surface area contributed by atoms with Gasteiger partial charge in [-0.1, -0.05) is 13.2 Å². The van der Waals surface area contributed by atoms with Crippen molar-refractivity contribution in [1.82, 2.24) is 9.55 Å². The van der Waals surface area contributed by atoms with Crippen LogP contribution >= 0.6 is 0 Å². The first-order valence-corrected chi connectivity index (χ1v) is 8.29. The predicted molar refractivity (Wildman–Crippen MR) is 99.6 cm³/mol. The van der Waals surface area contributed by atoms with Gasteiger partial charge >= 0.3 is 0 Å². The van der Waals surface area contributed by atoms with Gasteiger partial charge in [-0.05, 0) is 37.1 Å². The van der Waals surface area contributed by atoms with Crippen LogP contribution in [0.15, 0.2) is 48.4 Å². The van der Waals surface area contributed by atoms with Gasteiger partial charge in [-0.2, -0.15) is 4.98 Å². The van der Waals surface area contributed by atoms with Crippen molar-refractivity contribution >= 4 is 23.1 Å². The summed E-state index contributed by atoms with van der Waals surface area (Å²) in [7, 11) is 0. The maximum atomic E-state index is 14.8. The highest BCUT2D eigenvalue weighted by atomic mass is 19.2. The van der Waals surface area contributed by atoms with Gasteiger partial charge in [-0.25, -0.2) is 8.78 Å². The summed E-state index contributed by atoms with van der Waals surface area (Å²) in [5.41, 5.74) is 1.07. The average molecular weight is 371 g/mol. The Morgan fingerprint density at radius 2 is 2.11 bits per heavy atom. The third-order valence-corrected chi connectivity index (χ3v) is 4.26. The van der Waals surface area contributed by atoms with Crippen molar-refractivity contribution in [3.63, 3.8) is 0 Å². The van der Waals surface area contributed by atoms with Crippen molar-refractivity contribution in [1.29, 1.82) is 10.8 Å². The standard InChI is InChI=1S/C19H19F2N5O/c1-4-13-17(11(2)3)27-9-5-8-25(13)18-15-14(7-6-12(20)16(15)21)26(10-22)19(23)24-18/h4,6-7,10,22-23H,1-2,5,8-9H2,3H3. The number of hydrogen-bond acceptors (Lipinski definition) is 5. The summed E-state index contributed by atoms with van der Waals surface area (Å²) in [5, 5.41) is 15.5. The van der Waals surface area contributed by atoms with Crippen LogP contribution in [0.2, 0.25) is 0 Å². The molecule has 2 aromatic rings. The predicted octanol–water partition coefficient (Wildman–Crippen LogP) is 3.45. The van der Waals surface area contributed by atoms with Crippen LogP contribution in [0.25, 0.3) is 10.9 Å². The summed E-state index contributed by atoms with van der Waals surface area (Å²) in [6, 6.07) is 2.29. The van der Waals surface area contributed by atoms with E-state index in [9.17, 15) is 8.78 Å². The third-order valence-electron chi connectivity index (χ3n) is 4.26. The van der Waals surface area contributed by atoms with Crippen LogP contribution in [0.1, 0.15) is 13.3 Å². The summed E-state index contributed by atoms with van der Waals surface area (Å²) >= 11 is 0. The molecule has 0 saturated carbocycles. The molecule has 0 saturated heterocycles.